The van der Waals surface area contributed by atoms with Gasteiger partial charge in [0.2, 0.25) is 0 Å². The van der Waals surface area contributed by atoms with Gasteiger partial charge in [-0.2, -0.15) is 0 Å². The molecule has 33 heavy (non-hydrogen) atoms. The third kappa shape index (κ3) is 2.91. The molecule has 6 rings (SSSR count). The second kappa shape index (κ2) is 6.83. The third-order valence-electron chi connectivity index (χ3n) is 7.12. The van der Waals surface area contributed by atoms with Gasteiger partial charge < -0.3 is 10.2 Å². The number of alkyl halides is 2. The van der Waals surface area contributed by atoms with Crippen molar-refractivity contribution in [2.75, 3.05) is 0 Å². The molecule has 0 radical (unpaired) electrons. The molecule has 3 fully saturated rings. The Kier molecular flexibility index (Phi) is 4.45. The number of carboxylic acid groups (broad SMARTS) is 1. The summed E-state index contributed by atoms with van der Waals surface area (Å²) < 4.78 is 61.1. The van der Waals surface area contributed by atoms with Crippen molar-refractivity contribution >= 4 is 5.97 Å². The first-order valence-electron chi connectivity index (χ1n) is 10.1. The Labute approximate surface area is 184 Å². The molecule has 3 saturated carbocycles. The zero-order chi connectivity index (χ0) is 23.6. The minimum absolute atomic E-state index is 0.0279. The standard InChI is InChI=1S/C22H18F4N4O3/c23-15-5-6-16(17(24)7-15)21(33,11-30-12-27-28-29-30)22(25,26)20-8-19(9-20,10-20)14-3-1-13(2-4-14)18(31)32/h1-7,12,33H,8-11H2,(H,31,32). The molecule has 1 unspecified atom stereocenters. The van der Waals surface area contributed by atoms with Crippen LogP contribution in [0.15, 0.2) is 48.8 Å². The van der Waals surface area contributed by atoms with Gasteiger partial charge in [-0.3, -0.25) is 0 Å². The molecular weight excluding hydrogens is 444 g/mol. The topological polar surface area (TPSA) is 101 Å². The van der Waals surface area contributed by atoms with Crippen molar-refractivity contribution in [3.8, 4) is 0 Å². The molecule has 11 heteroatoms. The number of carboxylic acids is 1. The van der Waals surface area contributed by atoms with Crippen LogP contribution in [0.3, 0.4) is 0 Å². The quantitative estimate of drug-likeness (QED) is 0.523. The van der Waals surface area contributed by atoms with Crippen molar-refractivity contribution in [3.05, 3.63) is 77.1 Å². The van der Waals surface area contributed by atoms with Gasteiger partial charge in [-0.15, -0.1) is 5.10 Å². The first-order chi connectivity index (χ1) is 15.5. The minimum atomic E-state index is -3.81. The van der Waals surface area contributed by atoms with Gasteiger partial charge in [0.25, 0.3) is 5.92 Å². The lowest BCUT2D eigenvalue weighted by Gasteiger charge is -2.74. The lowest BCUT2D eigenvalue weighted by Crippen LogP contribution is -2.76. The van der Waals surface area contributed by atoms with Gasteiger partial charge in [0.15, 0.2) is 5.60 Å². The van der Waals surface area contributed by atoms with Crippen molar-refractivity contribution in [2.45, 2.75) is 42.7 Å². The minimum Gasteiger partial charge on any atom is -0.478 e. The van der Waals surface area contributed by atoms with Crippen LogP contribution in [0.5, 0.6) is 0 Å². The van der Waals surface area contributed by atoms with E-state index in [4.69, 9.17) is 5.11 Å². The molecule has 7 nitrogen and oxygen atoms in total. The first-order valence-corrected chi connectivity index (χ1v) is 10.1. The van der Waals surface area contributed by atoms with E-state index in [0.717, 1.165) is 28.7 Å². The third-order valence-corrected chi connectivity index (χ3v) is 7.12. The van der Waals surface area contributed by atoms with Crippen LogP contribution in [0, 0.1) is 17.0 Å². The second-order valence-corrected chi connectivity index (χ2v) is 9.04. The predicted molar refractivity (Wildman–Crippen MR) is 104 cm³/mol. The number of rotatable bonds is 7. The van der Waals surface area contributed by atoms with E-state index in [0.29, 0.717) is 6.07 Å². The van der Waals surface area contributed by atoms with E-state index >= 15 is 8.78 Å². The molecule has 3 aliphatic rings. The van der Waals surface area contributed by atoms with Crippen LogP contribution in [-0.4, -0.2) is 42.3 Å². The number of aromatic nitrogens is 4. The second-order valence-electron chi connectivity index (χ2n) is 9.04. The maximum atomic E-state index is 16.1. The summed E-state index contributed by atoms with van der Waals surface area (Å²) in [4.78, 5) is 11.1. The van der Waals surface area contributed by atoms with Gasteiger partial charge in [0, 0.05) is 17.0 Å². The van der Waals surface area contributed by atoms with Crippen LogP contribution in [0.25, 0.3) is 0 Å². The Balaban J connectivity index is 1.48. The van der Waals surface area contributed by atoms with E-state index in [9.17, 15) is 18.7 Å². The van der Waals surface area contributed by atoms with Crippen LogP contribution in [-0.2, 0) is 17.6 Å². The van der Waals surface area contributed by atoms with E-state index in [2.05, 4.69) is 15.5 Å². The van der Waals surface area contributed by atoms with Crippen LogP contribution < -0.4 is 0 Å². The summed E-state index contributed by atoms with van der Waals surface area (Å²) in [6, 6.07) is 8.13. The molecule has 0 aliphatic heterocycles. The molecule has 1 aromatic heterocycles. The highest BCUT2D eigenvalue weighted by atomic mass is 19.3. The zero-order valence-electron chi connectivity index (χ0n) is 17.1. The number of carbonyl (C=O) groups is 1. The Hall–Kier alpha value is -3.34. The maximum Gasteiger partial charge on any atom is 0.335 e. The number of halogens is 4. The highest BCUT2D eigenvalue weighted by Gasteiger charge is 2.82. The lowest BCUT2D eigenvalue weighted by molar-refractivity contribution is -0.347. The zero-order valence-corrected chi connectivity index (χ0v) is 17.1. The highest BCUT2D eigenvalue weighted by Crippen LogP contribution is 2.80. The molecule has 3 aliphatic carbocycles. The SMILES string of the molecule is O=C(O)c1ccc(C23CC(C(F)(F)C(O)(Cn4cnnn4)c4ccc(F)cc4F)(C2)C3)cc1. The summed E-state index contributed by atoms with van der Waals surface area (Å²) in [6.07, 6.45) is 1.11. The van der Waals surface area contributed by atoms with E-state index in [1.807, 2.05) is 0 Å². The van der Waals surface area contributed by atoms with E-state index in [1.165, 1.54) is 12.1 Å². The number of hydrogen-bond donors (Lipinski definition) is 2. The van der Waals surface area contributed by atoms with Gasteiger partial charge in [-0.1, -0.05) is 12.1 Å². The fourth-order valence-electron chi connectivity index (χ4n) is 5.50. The summed E-state index contributed by atoms with van der Waals surface area (Å²) in [7, 11) is 0. The smallest absolute Gasteiger partial charge is 0.335 e. The number of hydrogen-bond acceptors (Lipinski definition) is 5. The van der Waals surface area contributed by atoms with Gasteiger partial charge in [0.1, 0.15) is 18.0 Å². The van der Waals surface area contributed by atoms with Gasteiger partial charge in [0.05, 0.1) is 12.1 Å². The fourth-order valence-corrected chi connectivity index (χ4v) is 5.50. The van der Waals surface area contributed by atoms with Crippen LogP contribution in [0.4, 0.5) is 17.6 Å². The normalized spacial score (nSPS) is 25.6. The predicted octanol–water partition coefficient (Wildman–Crippen LogP) is 3.29. The highest BCUT2D eigenvalue weighted by molar-refractivity contribution is 5.87. The summed E-state index contributed by atoms with van der Waals surface area (Å²) in [6.45, 7) is -0.836. The Morgan fingerprint density at radius 1 is 1.09 bits per heavy atom. The summed E-state index contributed by atoms with van der Waals surface area (Å²) in [5.41, 5.74) is -5.12. The number of tetrazole rings is 1. The number of aliphatic hydroxyl groups is 1. The maximum absolute atomic E-state index is 16.1. The number of benzene rings is 2. The van der Waals surface area contributed by atoms with Crippen LogP contribution >= 0.6 is 0 Å². The number of nitrogens with zero attached hydrogens (tertiary/aromatic N) is 4. The molecule has 1 atom stereocenters. The first kappa shape index (κ1) is 21.5. The summed E-state index contributed by atoms with van der Waals surface area (Å²) in [5, 5.41) is 30.7. The average molecular weight is 462 g/mol. The molecular formula is C22H18F4N4O3. The van der Waals surface area contributed by atoms with Gasteiger partial charge in [-0.05, 0) is 64.9 Å². The molecule has 172 valence electrons. The average Bonchev–Trinajstić information content (AvgIpc) is 3.18. The lowest BCUT2D eigenvalue weighted by atomic mass is 9.30. The van der Waals surface area contributed by atoms with E-state index in [-0.39, 0.29) is 24.8 Å². The molecule has 0 saturated heterocycles. The molecule has 0 amide bonds. The van der Waals surface area contributed by atoms with Crippen molar-refractivity contribution in [2.24, 2.45) is 5.41 Å². The van der Waals surface area contributed by atoms with E-state index < -0.39 is 52.1 Å². The summed E-state index contributed by atoms with van der Waals surface area (Å²) in [5.74, 6) is -7.15. The molecule has 2 bridgehead atoms. The van der Waals surface area contributed by atoms with Crippen LogP contribution in [0.2, 0.25) is 0 Å². The molecule has 2 N–H and O–H groups in total. The molecule has 1 heterocycles. The van der Waals surface area contributed by atoms with Crippen molar-refractivity contribution in [1.82, 2.24) is 20.2 Å². The summed E-state index contributed by atoms with van der Waals surface area (Å²) >= 11 is 0. The molecule has 0 spiro atoms. The van der Waals surface area contributed by atoms with Gasteiger partial charge >= 0.3 is 5.97 Å². The molecule has 3 aromatic rings. The Bertz CT molecular complexity index is 1210. The van der Waals surface area contributed by atoms with Crippen LogP contribution in [0.1, 0.15) is 40.7 Å². The number of aromatic carboxylic acids is 1. The van der Waals surface area contributed by atoms with E-state index in [1.54, 1.807) is 12.1 Å². The van der Waals surface area contributed by atoms with Crippen molar-refractivity contribution in [3.63, 3.8) is 0 Å². The fraction of sp³-hybridized carbons (Fsp3) is 0.364. The Morgan fingerprint density at radius 2 is 1.76 bits per heavy atom. The monoisotopic (exact) mass is 462 g/mol. The van der Waals surface area contributed by atoms with Crippen molar-refractivity contribution < 1.29 is 32.6 Å². The van der Waals surface area contributed by atoms with Gasteiger partial charge in [-0.25, -0.2) is 27.0 Å². The van der Waals surface area contributed by atoms with Crippen molar-refractivity contribution in [1.29, 1.82) is 0 Å². The Morgan fingerprint density at radius 3 is 2.30 bits per heavy atom. The molecule has 2 aromatic carbocycles. The largest absolute Gasteiger partial charge is 0.478 e.